The lowest BCUT2D eigenvalue weighted by atomic mass is 10.0. The molecule has 10 amide bonds. The van der Waals surface area contributed by atoms with Crippen molar-refractivity contribution >= 4 is 75.9 Å². The number of aliphatic carboxylic acids is 1. The lowest BCUT2D eigenvalue weighted by Gasteiger charge is -2.31. The van der Waals surface area contributed by atoms with Gasteiger partial charge in [0.25, 0.3) is 0 Å². The highest BCUT2D eigenvalue weighted by molar-refractivity contribution is 6.00. The Balaban J connectivity index is 1.46. The van der Waals surface area contributed by atoms with Crippen molar-refractivity contribution in [3.05, 3.63) is 84.1 Å². The number of aromatic hydroxyl groups is 1. The molecule has 0 aliphatic carbocycles. The number of hydrogen-bond acceptors (Lipinski definition) is 15. The molecule has 0 saturated carbocycles. The van der Waals surface area contributed by atoms with Crippen LogP contribution in [0.1, 0.15) is 96.4 Å². The van der Waals surface area contributed by atoms with Gasteiger partial charge in [-0.25, -0.2) is 9.78 Å². The maximum absolute atomic E-state index is 14.8. The Morgan fingerprint density at radius 3 is 1.85 bits per heavy atom. The number of hydrogen-bond donors (Lipinski definition) is 15. The van der Waals surface area contributed by atoms with Crippen LogP contribution in [0.4, 0.5) is 0 Å². The van der Waals surface area contributed by atoms with E-state index in [0.717, 1.165) is 0 Å². The summed E-state index contributed by atoms with van der Waals surface area (Å²) in [5.74, 6) is -10.8. The van der Waals surface area contributed by atoms with E-state index in [1.165, 1.54) is 48.6 Å². The molecule has 2 aromatic carbocycles. The number of fused-ring (bicyclic) bond motifs is 1. The van der Waals surface area contributed by atoms with Gasteiger partial charge in [0, 0.05) is 61.2 Å². The highest BCUT2D eigenvalue weighted by atomic mass is 16.4. The number of carboxylic acid groups (broad SMARTS) is 1. The van der Waals surface area contributed by atoms with Crippen molar-refractivity contribution in [3.8, 4) is 5.75 Å². The van der Waals surface area contributed by atoms with Gasteiger partial charge in [-0.05, 0) is 80.2 Å². The molecule has 0 radical (unpaired) electrons. The first-order valence-corrected chi connectivity index (χ1v) is 27.7. The number of nitrogens with one attached hydrogen (secondary N) is 9. The van der Waals surface area contributed by atoms with Crippen LogP contribution in [0.5, 0.6) is 5.75 Å². The fourth-order valence-electron chi connectivity index (χ4n) is 9.69. The molecule has 84 heavy (non-hydrogen) atoms. The Labute approximate surface area is 484 Å². The van der Waals surface area contributed by atoms with Crippen LogP contribution in [0.15, 0.2) is 67.3 Å². The summed E-state index contributed by atoms with van der Waals surface area (Å²) in [5, 5.41) is 48.3. The number of likely N-dealkylation sites (tertiary alicyclic amines) is 1. The molecule has 3 heterocycles. The van der Waals surface area contributed by atoms with Crippen LogP contribution in [-0.2, 0) is 72.0 Å². The molecule has 1 aliphatic heterocycles. The number of aliphatic hydroxyl groups excluding tert-OH is 1. The number of nitrogens with zero attached hydrogens (tertiary/aromatic N) is 2. The van der Waals surface area contributed by atoms with Crippen molar-refractivity contribution in [2.24, 2.45) is 29.0 Å². The molecule has 1 aliphatic rings. The Morgan fingerprint density at radius 1 is 0.667 bits per heavy atom. The predicted octanol–water partition coefficient (Wildman–Crippen LogP) is -1.97. The van der Waals surface area contributed by atoms with Crippen LogP contribution >= 0.6 is 0 Å². The van der Waals surface area contributed by atoms with E-state index in [0.29, 0.717) is 34.1 Å². The van der Waals surface area contributed by atoms with Crippen molar-refractivity contribution in [3.63, 3.8) is 0 Å². The number of imidazole rings is 1. The number of amides is 10. The Kier molecular flexibility index (Phi) is 24.3. The second-order valence-corrected chi connectivity index (χ2v) is 21.9. The minimum Gasteiger partial charge on any atom is -0.508 e. The number of primary amides is 2. The summed E-state index contributed by atoms with van der Waals surface area (Å²) in [6.45, 7) is 8.39. The fourth-order valence-corrected chi connectivity index (χ4v) is 9.69. The van der Waals surface area contributed by atoms with Crippen molar-refractivity contribution < 1.29 is 68.1 Å². The minimum absolute atomic E-state index is 0.00333. The number of aromatic nitrogens is 3. The third-order valence-corrected chi connectivity index (χ3v) is 14.0. The average molecular weight is 1170 g/mol. The molecule has 28 heteroatoms. The molecule has 2 aromatic heterocycles. The van der Waals surface area contributed by atoms with Crippen LogP contribution in [0.25, 0.3) is 10.9 Å². The number of phenolic OH excluding ortho intramolecular Hbond substituents is 1. The van der Waals surface area contributed by atoms with E-state index in [-0.39, 0.29) is 75.5 Å². The van der Waals surface area contributed by atoms with Gasteiger partial charge in [0.2, 0.25) is 59.1 Å². The highest BCUT2D eigenvalue weighted by Gasteiger charge is 2.41. The second kappa shape index (κ2) is 30.9. The molecular formula is C56H78N14O14. The zero-order valence-electron chi connectivity index (χ0n) is 47.5. The van der Waals surface area contributed by atoms with Crippen molar-refractivity contribution in [2.75, 3.05) is 6.54 Å². The standard InChI is InChI=1S/C56H78N14O14/c1-28(2)19-36(57)48(75)63-38(16-17-45(58)73)49(76)65-41(23-33-26-60-27-62-33)51(78)64-40(22-32-25-61-37-10-7-6-9-35(32)37)50(77)66-42(24-46(59)74)52(79)68-43(21-31-12-14-34(72)15-13-31)55(82)70-18-8-11-44(70)54(81)67-39(20-29(3)4)53(80)69-47(30(5)71)56(83)84/h6-7,9-10,12-15,25-30,36,38-44,47,61,71-72H,8,11,16-24,57H2,1-5H3,(H2,58,73)(H2,59,74)(H,60,62)(H,63,75)(H,64,78)(H,65,76)(H,66,77)(H,67,81)(H,68,79)(H,69,80)(H,83,84)/t30-,36+,38+,39+,40+,41+,42+,43+,44+,47+/m1/s1. The number of rotatable bonds is 32. The number of phenols is 1. The molecule has 0 unspecified atom stereocenters. The predicted molar refractivity (Wildman–Crippen MR) is 303 cm³/mol. The number of para-hydroxylation sites is 1. The van der Waals surface area contributed by atoms with E-state index in [9.17, 15) is 68.1 Å². The normalized spacial score (nSPS) is 16.4. The topological polar surface area (TPSA) is 458 Å². The molecule has 1 fully saturated rings. The molecule has 4 aromatic rings. The van der Waals surface area contributed by atoms with Crippen LogP contribution in [0.2, 0.25) is 0 Å². The zero-order chi connectivity index (χ0) is 61.9. The van der Waals surface area contributed by atoms with E-state index < -0.39 is 132 Å². The summed E-state index contributed by atoms with van der Waals surface area (Å²) >= 11 is 0. The molecule has 0 spiro atoms. The molecule has 28 nitrogen and oxygen atoms in total. The lowest BCUT2D eigenvalue weighted by molar-refractivity contribution is -0.146. The zero-order valence-corrected chi connectivity index (χ0v) is 47.5. The molecule has 1 saturated heterocycles. The van der Waals surface area contributed by atoms with Gasteiger partial charge in [0.15, 0.2) is 6.04 Å². The van der Waals surface area contributed by atoms with Crippen LogP contribution < -0.4 is 54.4 Å². The number of carbonyl (C=O) groups excluding carboxylic acids is 10. The molecular weight excluding hydrogens is 1090 g/mol. The van der Waals surface area contributed by atoms with Crippen molar-refractivity contribution in [2.45, 2.75) is 159 Å². The third kappa shape index (κ3) is 19.6. The van der Waals surface area contributed by atoms with E-state index >= 15 is 0 Å². The van der Waals surface area contributed by atoms with E-state index in [1.54, 1.807) is 44.3 Å². The number of benzene rings is 2. The SMILES string of the molecule is CC(C)C[C@H](NC(=O)[C@@H]1CCCN1C(=O)[C@H](Cc1ccc(O)cc1)NC(=O)[C@H](CC(N)=O)NC(=O)[C@H](Cc1c[nH]c2ccccc12)NC(=O)[C@H](Cc1cnc[nH]1)NC(=O)[C@H](CCC(N)=O)NC(=O)[C@@H](N)CC(C)C)C(=O)N[C@H](C(=O)O)[C@@H](C)O. The highest BCUT2D eigenvalue weighted by Crippen LogP contribution is 2.23. The first kappa shape index (κ1) is 65.9. The maximum atomic E-state index is 14.8. The van der Waals surface area contributed by atoms with Gasteiger partial charge < -0.3 is 84.6 Å². The fraction of sp³-hybridized carbons (Fsp3) is 0.500. The van der Waals surface area contributed by atoms with Gasteiger partial charge in [-0.15, -0.1) is 0 Å². The van der Waals surface area contributed by atoms with Crippen LogP contribution in [0.3, 0.4) is 0 Å². The number of carboxylic acids is 1. The Morgan fingerprint density at radius 2 is 1.25 bits per heavy atom. The first-order chi connectivity index (χ1) is 39.7. The molecule has 10 atom stereocenters. The minimum atomic E-state index is -1.83. The third-order valence-electron chi connectivity index (χ3n) is 14.0. The van der Waals surface area contributed by atoms with Gasteiger partial charge >= 0.3 is 5.97 Å². The molecule has 0 bridgehead atoms. The lowest BCUT2D eigenvalue weighted by Crippen LogP contribution is -2.61. The maximum Gasteiger partial charge on any atom is 0.328 e. The van der Waals surface area contributed by atoms with Crippen molar-refractivity contribution in [1.82, 2.24) is 57.1 Å². The van der Waals surface area contributed by atoms with Gasteiger partial charge in [0.1, 0.15) is 48.0 Å². The van der Waals surface area contributed by atoms with E-state index in [2.05, 4.69) is 52.2 Å². The smallest absolute Gasteiger partial charge is 0.328 e. The van der Waals surface area contributed by atoms with Gasteiger partial charge in [-0.2, -0.15) is 0 Å². The number of nitrogens with two attached hydrogens (primary N) is 3. The number of aliphatic hydroxyl groups is 1. The Hall–Kier alpha value is -8.92. The summed E-state index contributed by atoms with van der Waals surface area (Å²) in [5.41, 5.74) is 19.1. The van der Waals surface area contributed by atoms with Gasteiger partial charge in [-0.1, -0.05) is 58.0 Å². The second-order valence-electron chi connectivity index (χ2n) is 21.9. The summed E-state index contributed by atoms with van der Waals surface area (Å²) in [7, 11) is 0. The molecule has 5 rings (SSSR count). The quantitative estimate of drug-likeness (QED) is 0.0252. The number of aromatic amines is 2. The average Bonchev–Trinajstić information content (AvgIpc) is 4.27. The summed E-state index contributed by atoms with van der Waals surface area (Å²) in [6.07, 6.45) is 1.30. The number of H-pyrrole nitrogens is 2. The molecule has 18 N–H and O–H groups in total. The van der Waals surface area contributed by atoms with Crippen LogP contribution in [0, 0.1) is 11.8 Å². The van der Waals surface area contributed by atoms with Crippen LogP contribution in [-0.4, -0.2) is 167 Å². The summed E-state index contributed by atoms with van der Waals surface area (Å²) in [4.78, 5) is 161. The molecule has 456 valence electrons. The summed E-state index contributed by atoms with van der Waals surface area (Å²) in [6, 6.07) is -0.430. The van der Waals surface area contributed by atoms with Gasteiger partial charge in [-0.3, -0.25) is 47.9 Å². The van der Waals surface area contributed by atoms with E-state index in [4.69, 9.17) is 17.2 Å². The van der Waals surface area contributed by atoms with Gasteiger partial charge in [0.05, 0.1) is 24.9 Å². The Bertz CT molecular complexity index is 2970. The number of carbonyl (C=O) groups is 11. The largest absolute Gasteiger partial charge is 0.508 e. The van der Waals surface area contributed by atoms with Crippen molar-refractivity contribution in [1.29, 1.82) is 0 Å². The summed E-state index contributed by atoms with van der Waals surface area (Å²) < 4.78 is 0. The first-order valence-electron chi connectivity index (χ1n) is 27.7. The monoisotopic (exact) mass is 1170 g/mol. The van der Waals surface area contributed by atoms with E-state index in [1.807, 2.05) is 13.8 Å².